The van der Waals surface area contributed by atoms with Crippen LogP contribution in [-0.2, 0) is 22.3 Å². The number of alkyl halides is 3. The minimum absolute atomic E-state index is 0.175. The van der Waals surface area contributed by atoms with Crippen molar-refractivity contribution in [3.05, 3.63) is 71.3 Å². The molecule has 0 fully saturated rings. The molecule has 0 heterocycles. The fourth-order valence-electron chi connectivity index (χ4n) is 2.14. The molecule has 0 aliphatic rings. The summed E-state index contributed by atoms with van der Waals surface area (Å²) in [4.78, 5) is 23.4. The standard InChI is InChI=1S/C18H17F3N2O3/c19-18(20,21)14-8-6-13(7-9-14)15(24)11-23-17(26)16(25)22-10-12-4-2-1-3-5-12/h1-9,15,24H,10-11H2,(H,22,25)(H,23,26). The predicted molar refractivity (Wildman–Crippen MR) is 87.7 cm³/mol. The number of aliphatic hydroxyl groups excluding tert-OH is 1. The second-order valence-corrected chi connectivity index (χ2v) is 5.51. The molecule has 26 heavy (non-hydrogen) atoms. The number of nitrogens with one attached hydrogen (secondary N) is 2. The first kappa shape index (κ1) is 19.5. The molecule has 2 aromatic carbocycles. The summed E-state index contributed by atoms with van der Waals surface area (Å²) >= 11 is 0. The largest absolute Gasteiger partial charge is 0.416 e. The number of hydrogen-bond acceptors (Lipinski definition) is 3. The Morgan fingerprint density at radius 1 is 0.923 bits per heavy atom. The molecule has 1 unspecified atom stereocenters. The molecule has 138 valence electrons. The van der Waals surface area contributed by atoms with Crippen molar-refractivity contribution in [2.75, 3.05) is 6.54 Å². The average Bonchev–Trinajstić information content (AvgIpc) is 2.64. The van der Waals surface area contributed by atoms with E-state index in [1.165, 1.54) is 0 Å². The first-order chi connectivity index (χ1) is 12.3. The van der Waals surface area contributed by atoms with Gasteiger partial charge in [-0.3, -0.25) is 9.59 Å². The molecule has 0 bridgehead atoms. The van der Waals surface area contributed by atoms with Gasteiger partial charge in [0.2, 0.25) is 0 Å². The third kappa shape index (κ3) is 5.59. The summed E-state index contributed by atoms with van der Waals surface area (Å²) in [5.74, 6) is -1.81. The van der Waals surface area contributed by atoms with E-state index in [1.807, 2.05) is 6.07 Å². The lowest BCUT2D eigenvalue weighted by atomic mass is 10.1. The minimum atomic E-state index is -4.46. The molecule has 0 radical (unpaired) electrons. The van der Waals surface area contributed by atoms with E-state index in [2.05, 4.69) is 10.6 Å². The first-order valence-corrected chi connectivity index (χ1v) is 7.72. The molecular weight excluding hydrogens is 349 g/mol. The zero-order valence-corrected chi connectivity index (χ0v) is 13.6. The van der Waals surface area contributed by atoms with E-state index in [-0.39, 0.29) is 18.7 Å². The van der Waals surface area contributed by atoms with Crippen LogP contribution >= 0.6 is 0 Å². The van der Waals surface area contributed by atoms with E-state index in [1.54, 1.807) is 24.3 Å². The van der Waals surface area contributed by atoms with Gasteiger partial charge in [-0.2, -0.15) is 13.2 Å². The number of carbonyl (C=O) groups is 2. The molecule has 3 N–H and O–H groups in total. The molecule has 1 atom stereocenters. The van der Waals surface area contributed by atoms with Crippen LogP contribution in [0.2, 0.25) is 0 Å². The molecule has 8 heteroatoms. The maximum Gasteiger partial charge on any atom is 0.416 e. The molecule has 2 amide bonds. The average molecular weight is 366 g/mol. The monoisotopic (exact) mass is 366 g/mol. The van der Waals surface area contributed by atoms with Crippen molar-refractivity contribution in [3.8, 4) is 0 Å². The molecule has 0 saturated heterocycles. The van der Waals surface area contributed by atoms with E-state index in [0.717, 1.165) is 29.8 Å². The topological polar surface area (TPSA) is 78.4 Å². The van der Waals surface area contributed by atoms with Crippen molar-refractivity contribution in [1.82, 2.24) is 10.6 Å². The van der Waals surface area contributed by atoms with Gasteiger partial charge in [0, 0.05) is 13.1 Å². The fourth-order valence-corrected chi connectivity index (χ4v) is 2.14. The summed E-state index contributed by atoms with van der Waals surface area (Å²) in [6, 6.07) is 12.9. The lowest BCUT2D eigenvalue weighted by molar-refractivity contribution is -0.139. The lowest BCUT2D eigenvalue weighted by Crippen LogP contribution is -2.41. The van der Waals surface area contributed by atoms with Crippen LogP contribution in [0.15, 0.2) is 54.6 Å². The molecule has 0 saturated carbocycles. The minimum Gasteiger partial charge on any atom is -0.387 e. The Balaban J connectivity index is 1.81. The van der Waals surface area contributed by atoms with E-state index in [9.17, 15) is 27.9 Å². The zero-order valence-electron chi connectivity index (χ0n) is 13.6. The molecule has 5 nitrogen and oxygen atoms in total. The smallest absolute Gasteiger partial charge is 0.387 e. The summed E-state index contributed by atoms with van der Waals surface area (Å²) in [6.07, 6.45) is -5.70. The molecule has 0 aliphatic carbocycles. The molecule has 0 aromatic heterocycles. The van der Waals surface area contributed by atoms with Crippen molar-refractivity contribution in [1.29, 1.82) is 0 Å². The SMILES string of the molecule is O=C(NCc1ccccc1)C(=O)NCC(O)c1ccc(C(F)(F)F)cc1. The summed E-state index contributed by atoms with van der Waals surface area (Å²) in [7, 11) is 0. The van der Waals surface area contributed by atoms with Gasteiger partial charge in [-0.05, 0) is 23.3 Å². The van der Waals surface area contributed by atoms with E-state index < -0.39 is 29.7 Å². The number of rotatable bonds is 5. The van der Waals surface area contributed by atoms with E-state index in [0.29, 0.717) is 0 Å². The number of hydrogen-bond donors (Lipinski definition) is 3. The van der Waals surface area contributed by atoms with Crippen LogP contribution in [0.3, 0.4) is 0 Å². The Labute approximate surface area is 147 Å². The van der Waals surface area contributed by atoms with Crippen LogP contribution in [0.25, 0.3) is 0 Å². The van der Waals surface area contributed by atoms with Gasteiger partial charge in [0.05, 0.1) is 11.7 Å². The highest BCUT2D eigenvalue weighted by molar-refractivity contribution is 6.35. The van der Waals surface area contributed by atoms with E-state index in [4.69, 9.17) is 0 Å². The van der Waals surface area contributed by atoms with Crippen molar-refractivity contribution < 1.29 is 27.9 Å². The Hall–Kier alpha value is -2.87. The molecular formula is C18H17F3N2O3. The second-order valence-electron chi connectivity index (χ2n) is 5.51. The summed E-state index contributed by atoms with van der Waals surface area (Å²) in [5.41, 5.74) is 0.180. The number of aliphatic hydroxyl groups is 1. The highest BCUT2D eigenvalue weighted by Gasteiger charge is 2.30. The number of benzene rings is 2. The van der Waals surface area contributed by atoms with Crippen LogP contribution < -0.4 is 10.6 Å². The number of halogens is 3. The normalized spacial score (nSPS) is 12.3. The molecule has 2 rings (SSSR count). The Morgan fingerprint density at radius 2 is 1.50 bits per heavy atom. The second kappa shape index (κ2) is 8.48. The summed E-state index contributed by atoms with van der Waals surface area (Å²) < 4.78 is 37.5. The highest BCUT2D eigenvalue weighted by Crippen LogP contribution is 2.29. The van der Waals surface area contributed by atoms with Gasteiger partial charge in [0.1, 0.15) is 0 Å². The Bertz CT molecular complexity index is 747. The molecule has 0 spiro atoms. The summed E-state index contributed by atoms with van der Waals surface area (Å²) in [6.45, 7) is -0.127. The van der Waals surface area contributed by atoms with Gasteiger partial charge >= 0.3 is 18.0 Å². The zero-order chi connectivity index (χ0) is 19.2. The maximum absolute atomic E-state index is 12.5. The Morgan fingerprint density at radius 3 is 2.08 bits per heavy atom. The predicted octanol–water partition coefficient (Wildman–Crippen LogP) is 2.17. The third-order valence-electron chi connectivity index (χ3n) is 3.58. The van der Waals surface area contributed by atoms with Crippen molar-refractivity contribution in [2.45, 2.75) is 18.8 Å². The summed E-state index contributed by atoms with van der Waals surface area (Å²) in [5, 5.41) is 14.6. The van der Waals surface area contributed by atoms with Crippen molar-refractivity contribution in [2.24, 2.45) is 0 Å². The lowest BCUT2D eigenvalue weighted by Gasteiger charge is -2.13. The van der Waals surface area contributed by atoms with Crippen LogP contribution in [0.1, 0.15) is 22.8 Å². The highest BCUT2D eigenvalue weighted by atomic mass is 19.4. The van der Waals surface area contributed by atoms with Gasteiger partial charge in [-0.1, -0.05) is 42.5 Å². The van der Waals surface area contributed by atoms with Gasteiger partial charge in [-0.25, -0.2) is 0 Å². The molecule has 0 aliphatic heterocycles. The van der Waals surface area contributed by atoms with Crippen molar-refractivity contribution in [3.63, 3.8) is 0 Å². The van der Waals surface area contributed by atoms with Crippen molar-refractivity contribution >= 4 is 11.8 Å². The van der Waals surface area contributed by atoms with Crippen LogP contribution in [0.5, 0.6) is 0 Å². The van der Waals surface area contributed by atoms with Gasteiger partial charge in [0.15, 0.2) is 0 Å². The van der Waals surface area contributed by atoms with Crippen LogP contribution in [0.4, 0.5) is 13.2 Å². The van der Waals surface area contributed by atoms with Gasteiger partial charge < -0.3 is 15.7 Å². The first-order valence-electron chi connectivity index (χ1n) is 7.72. The number of amides is 2. The molecule has 2 aromatic rings. The fraction of sp³-hybridized carbons (Fsp3) is 0.222. The number of carbonyl (C=O) groups excluding carboxylic acids is 2. The maximum atomic E-state index is 12.5. The van der Waals surface area contributed by atoms with Crippen LogP contribution in [-0.4, -0.2) is 23.5 Å². The third-order valence-corrected chi connectivity index (χ3v) is 3.58. The quantitative estimate of drug-likeness (QED) is 0.710. The van der Waals surface area contributed by atoms with Gasteiger partial charge in [-0.15, -0.1) is 0 Å². The Kier molecular flexibility index (Phi) is 6.35. The van der Waals surface area contributed by atoms with E-state index >= 15 is 0 Å². The van der Waals surface area contributed by atoms with Crippen LogP contribution in [0, 0.1) is 0 Å². The van der Waals surface area contributed by atoms with Gasteiger partial charge in [0.25, 0.3) is 0 Å².